The van der Waals surface area contributed by atoms with E-state index < -0.39 is 5.60 Å². The van der Waals surface area contributed by atoms with Crippen molar-refractivity contribution < 1.29 is 14.3 Å². The topological polar surface area (TPSA) is 110 Å². The van der Waals surface area contributed by atoms with Crippen LogP contribution in [-0.2, 0) is 16.1 Å². The summed E-state index contributed by atoms with van der Waals surface area (Å²) in [4.78, 5) is 44.9. The van der Waals surface area contributed by atoms with Gasteiger partial charge in [0.1, 0.15) is 18.0 Å². The number of piperazine rings is 1. The molecule has 0 unspecified atom stereocenters. The summed E-state index contributed by atoms with van der Waals surface area (Å²) >= 11 is 0. The second kappa shape index (κ2) is 9.50. The largest absolute Gasteiger partial charge is 0.444 e. The van der Waals surface area contributed by atoms with Crippen molar-refractivity contribution in [2.24, 2.45) is 0 Å². The van der Waals surface area contributed by atoms with Gasteiger partial charge in [0, 0.05) is 31.6 Å². The van der Waals surface area contributed by atoms with Gasteiger partial charge in [-0.3, -0.25) is 14.3 Å². The molecule has 0 atom stereocenters. The number of benzene rings is 1. The van der Waals surface area contributed by atoms with Gasteiger partial charge in [-0.15, -0.1) is 0 Å². The first-order valence-corrected chi connectivity index (χ1v) is 11.1. The highest BCUT2D eigenvalue weighted by Crippen LogP contribution is 2.19. The Morgan fingerprint density at radius 1 is 1.03 bits per heavy atom. The molecule has 10 heteroatoms. The van der Waals surface area contributed by atoms with E-state index in [4.69, 9.17) is 4.74 Å². The van der Waals surface area contributed by atoms with E-state index in [1.807, 2.05) is 26.8 Å². The van der Waals surface area contributed by atoms with Crippen molar-refractivity contribution in [1.29, 1.82) is 0 Å². The van der Waals surface area contributed by atoms with Crippen LogP contribution in [0.1, 0.15) is 20.8 Å². The molecule has 1 fully saturated rings. The summed E-state index contributed by atoms with van der Waals surface area (Å²) in [6.07, 6.45) is 2.62. The fraction of sp³-hybridized carbons (Fsp3) is 0.375. The molecular weight excluding hydrogens is 436 g/mol. The van der Waals surface area contributed by atoms with Gasteiger partial charge in [0.2, 0.25) is 11.3 Å². The summed E-state index contributed by atoms with van der Waals surface area (Å²) in [5.41, 5.74) is 0.810. The quantitative estimate of drug-likeness (QED) is 0.632. The molecule has 1 aliphatic rings. The summed E-state index contributed by atoms with van der Waals surface area (Å²) in [6, 6.07) is 10.7. The highest BCUT2D eigenvalue weighted by atomic mass is 16.6. The number of hydrogen-bond donors (Lipinski definition) is 1. The molecule has 3 aromatic rings. The van der Waals surface area contributed by atoms with Crippen molar-refractivity contribution in [2.45, 2.75) is 32.9 Å². The Labute approximate surface area is 197 Å². The number of aromatic nitrogens is 3. The average molecular weight is 465 g/mol. The fourth-order valence-electron chi connectivity index (χ4n) is 3.73. The number of amides is 2. The molecule has 10 nitrogen and oxygen atoms in total. The Morgan fingerprint density at radius 3 is 2.44 bits per heavy atom. The van der Waals surface area contributed by atoms with Crippen molar-refractivity contribution >= 4 is 34.4 Å². The number of nitrogens with zero attached hydrogens (tertiary/aromatic N) is 5. The van der Waals surface area contributed by atoms with Gasteiger partial charge in [-0.05, 0) is 45.0 Å². The minimum atomic E-state index is -0.514. The van der Waals surface area contributed by atoms with Crippen LogP contribution >= 0.6 is 0 Å². The maximum Gasteiger partial charge on any atom is 0.410 e. The third-order valence-corrected chi connectivity index (χ3v) is 5.37. The minimum Gasteiger partial charge on any atom is -0.444 e. The van der Waals surface area contributed by atoms with E-state index >= 15 is 0 Å². The predicted molar refractivity (Wildman–Crippen MR) is 129 cm³/mol. The number of pyridine rings is 1. The number of para-hydroxylation sites is 1. The number of carbonyl (C=O) groups is 2. The zero-order valence-electron chi connectivity index (χ0n) is 19.5. The maximum absolute atomic E-state index is 12.5. The van der Waals surface area contributed by atoms with Gasteiger partial charge >= 0.3 is 6.09 Å². The smallest absolute Gasteiger partial charge is 0.410 e. The van der Waals surface area contributed by atoms with Crippen LogP contribution in [0.25, 0.3) is 10.9 Å². The van der Waals surface area contributed by atoms with Gasteiger partial charge < -0.3 is 19.9 Å². The van der Waals surface area contributed by atoms with E-state index in [9.17, 15) is 14.4 Å². The van der Waals surface area contributed by atoms with Gasteiger partial charge in [-0.2, -0.15) is 5.10 Å². The SMILES string of the molecule is CC(C)(C)OC(=O)N1CCN(c2ccc(NC(=O)Cn3ncc(=O)c4ccccc43)nc2)CC1. The molecule has 1 aromatic carbocycles. The Balaban J connectivity index is 1.33. The third kappa shape index (κ3) is 5.51. The molecular formula is C24H28N6O4. The van der Waals surface area contributed by atoms with Crippen LogP contribution in [0.2, 0.25) is 0 Å². The molecule has 1 N–H and O–H groups in total. The van der Waals surface area contributed by atoms with Crippen LogP contribution < -0.4 is 15.6 Å². The first-order valence-electron chi connectivity index (χ1n) is 11.1. The molecule has 1 saturated heterocycles. The third-order valence-electron chi connectivity index (χ3n) is 5.37. The molecule has 2 amide bonds. The molecule has 178 valence electrons. The Morgan fingerprint density at radius 2 is 1.76 bits per heavy atom. The second-order valence-corrected chi connectivity index (χ2v) is 9.09. The number of carbonyl (C=O) groups excluding carboxylic acids is 2. The molecule has 2 aromatic heterocycles. The highest BCUT2D eigenvalue weighted by Gasteiger charge is 2.26. The van der Waals surface area contributed by atoms with E-state index in [0.717, 1.165) is 5.69 Å². The summed E-state index contributed by atoms with van der Waals surface area (Å²) in [5.74, 6) is 0.124. The Kier molecular flexibility index (Phi) is 6.49. The molecule has 0 saturated carbocycles. The minimum absolute atomic E-state index is 0.0448. The summed E-state index contributed by atoms with van der Waals surface area (Å²) < 4.78 is 6.93. The van der Waals surface area contributed by atoms with Crippen molar-refractivity contribution in [3.63, 3.8) is 0 Å². The molecule has 1 aliphatic heterocycles. The second-order valence-electron chi connectivity index (χ2n) is 9.09. The van der Waals surface area contributed by atoms with Gasteiger partial charge in [-0.25, -0.2) is 9.78 Å². The normalized spacial score (nSPS) is 14.2. The molecule has 34 heavy (non-hydrogen) atoms. The standard InChI is InChI=1S/C24H28N6O4/c1-24(2,3)34-23(33)29-12-10-28(11-13-29)17-8-9-21(25-14-17)27-22(32)16-30-19-7-5-4-6-18(19)20(31)15-26-30/h4-9,14-15H,10-13,16H2,1-3H3,(H,25,27,32). The van der Waals surface area contributed by atoms with Crippen molar-refractivity contribution in [2.75, 3.05) is 36.4 Å². The average Bonchev–Trinajstić information content (AvgIpc) is 2.81. The van der Waals surface area contributed by atoms with Crippen LogP contribution in [0, 0.1) is 0 Å². The molecule has 0 radical (unpaired) electrons. The van der Waals surface area contributed by atoms with Crippen molar-refractivity contribution in [1.82, 2.24) is 19.7 Å². The summed E-state index contributed by atoms with van der Waals surface area (Å²) in [7, 11) is 0. The lowest BCUT2D eigenvalue weighted by Gasteiger charge is -2.36. The van der Waals surface area contributed by atoms with E-state index in [1.165, 1.54) is 10.9 Å². The number of ether oxygens (including phenoxy) is 1. The zero-order valence-corrected chi connectivity index (χ0v) is 19.5. The van der Waals surface area contributed by atoms with E-state index in [-0.39, 0.29) is 24.0 Å². The number of rotatable bonds is 4. The summed E-state index contributed by atoms with van der Waals surface area (Å²) in [6.45, 7) is 7.97. The van der Waals surface area contributed by atoms with E-state index in [1.54, 1.807) is 41.4 Å². The fourth-order valence-corrected chi connectivity index (χ4v) is 3.73. The molecule has 0 spiro atoms. The molecule has 4 rings (SSSR count). The van der Waals surface area contributed by atoms with E-state index in [0.29, 0.717) is 42.9 Å². The predicted octanol–water partition coefficient (Wildman–Crippen LogP) is 2.49. The van der Waals surface area contributed by atoms with Gasteiger partial charge in [0.15, 0.2) is 0 Å². The molecule has 3 heterocycles. The number of nitrogens with one attached hydrogen (secondary N) is 1. The molecule has 0 bridgehead atoms. The monoisotopic (exact) mass is 464 g/mol. The maximum atomic E-state index is 12.5. The number of hydrogen-bond acceptors (Lipinski definition) is 7. The van der Waals surface area contributed by atoms with Crippen LogP contribution in [0.5, 0.6) is 0 Å². The van der Waals surface area contributed by atoms with Crippen LogP contribution in [-0.4, -0.2) is 63.4 Å². The van der Waals surface area contributed by atoms with E-state index in [2.05, 4.69) is 20.3 Å². The van der Waals surface area contributed by atoms with Gasteiger partial charge in [-0.1, -0.05) is 12.1 Å². The van der Waals surface area contributed by atoms with Crippen LogP contribution in [0.3, 0.4) is 0 Å². The van der Waals surface area contributed by atoms with Crippen LogP contribution in [0.15, 0.2) is 53.6 Å². The number of anilines is 2. The first kappa shape index (κ1) is 23.2. The summed E-state index contributed by atoms with van der Waals surface area (Å²) in [5, 5.41) is 7.36. The van der Waals surface area contributed by atoms with Crippen molar-refractivity contribution in [3.8, 4) is 0 Å². The highest BCUT2D eigenvalue weighted by molar-refractivity contribution is 5.90. The Hall–Kier alpha value is -3.95. The zero-order chi connectivity index (χ0) is 24.3. The van der Waals surface area contributed by atoms with Crippen LogP contribution in [0.4, 0.5) is 16.3 Å². The lowest BCUT2D eigenvalue weighted by Crippen LogP contribution is -2.50. The molecule has 0 aliphatic carbocycles. The van der Waals surface area contributed by atoms with Gasteiger partial charge in [0.25, 0.3) is 0 Å². The number of fused-ring (bicyclic) bond motifs is 1. The first-order chi connectivity index (χ1) is 16.2. The Bertz CT molecular complexity index is 1240. The van der Waals surface area contributed by atoms with Crippen molar-refractivity contribution in [3.05, 3.63) is 59.0 Å². The van der Waals surface area contributed by atoms with Gasteiger partial charge in [0.05, 0.1) is 23.6 Å². The lowest BCUT2D eigenvalue weighted by molar-refractivity contribution is -0.116. The lowest BCUT2D eigenvalue weighted by atomic mass is 10.2.